The maximum atomic E-state index is 15.2. The summed E-state index contributed by atoms with van der Waals surface area (Å²) < 4.78 is 86.7. The van der Waals surface area contributed by atoms with Gasteiger partial charge in [-0.25, -0.2) is 17.6 Å². The van der Waals surface area contributed by atoms with E-state index in [0.717, 1.165) is 24.5 Å². The van der Waals surface area contributed by atoms with Crippen LogP contribution in [-0.2, 0) is 6.42 Å². The second-order valence-corrected chi connectivity index (χ2v) is 7.65. The van der Waals surface area contributed by atoms with E-state index in [1.807, 2.05) is 12.1 Å². The fourth-order valence-electron chi connectivity index (χ4n) is 3.82. The largest absolute Gasteiger partial charge is 0.429 e. The summed E-state index contributed by atoms with van der Waals surface area (Å²) in [5, 5.41) is 1.08. The molecule has 0 heterocycles. The van der Waals surface area contributed by atoms with E-state index in [0.29, 0.717) is 22.9 Å². The maximum absolute atomic E-state index is 15.2. The number of rotatable bonds is 7. The van der Waals surface area contributed by atoms with Crippen molar-refractivity contribution >= 4 is 10.8 Å². The van der Waals surface area contributed by atoms with Crippen LogP contribution >= 0.6 is 0 Å². The van der Waals surface area contributed by atoms with Crippen LogP contribution in [0, 0.1) is 23.3 Å². The van der Waals surface area contributed by atoms with E-state index in [1.54, 1.807) is 24.3 Å². The van der Waals surface area contributed by atoms with E-state index < -0.39 is 35.6 Å². The highest BCUT2D eigenvalue weighted by atomic mass is 19.3. The Morgan fingerprint density at radius 1 is 0.765 bits per heavy atom. The van der Waals surface area contributed by atoms with Gasteiger partial charge in [0.15, 0.2) is 17.4 Å². The first kappa shape index (κ1) is 23.4. The molecule has 0 fully saturated rings. The van der Waals surface area contributed by atoms with Gasteiger partial charge in [0.25, 0.3) is 0 Å². The van der Waals surface area contributed by atoms with Gasteiger partial charge in [-0.1, -0.05) is 48.5 Å². The Morgan fingerprint density at radius 3 is 2.09 bits per heavy atom. The van der Waals surface area contributed by atoms with Crippen molar-refractivity contribution in [3.05, 3.63) is 102 Å². The molecule has 0 aliphatic carbocycles. The van der Waals surface area contributed by atoms with Crippen LogP contribution in [0.15, 0.2) is 73.3 Å². The average molecular weight is 472 g/mol. The van der Waals surface area contributed by atoms with Gasteiger partial charge >= 0.3 is 6.61 Å². The molecule has 0 bridgehead atoms. The lowest BCUT2D eigenvalue weighted by atomic mass is 9.96. The third-order valence-electron chi connectivity index (χ3n) is 5.45. The van der Waals surface area contributed by atoms with Crippen LogP contribution in [0.2, 0.25) is 0 Å². The molecule has 0 amide bonds. The zero-order chi connectivity index (χ0) is 24.4. The summed E-state index contributed by atoms with van der Waals surface area (Å²) in [5.41, 5.74) is 1.04. The number of fused-ring (bicyclic) bond motifs is 1. The highest BCUT2D eigenvalue weighted by Crippen LogP contribution is 2.35. The molecule has 0 unspecified atom stereocenters. The van der Waals surface area contributed by atoms with E-state index in [4.69, 9.17) is 0 Å². The standard InChI is InChI=1S/C27H18F6O/c1-2-3-4-15-5-8-20-16(11-15)7-10-21(25(20)31)17-6-9-19(22(28)12-17)18-13-23(29)26(24(30)14-18)34-27(32)33/h2,5-14,27H,1,3-4H2. The van der Waals surface area contributed by atoms with Crippen molar-refractivity contribution in [2.45, 2.75) is 19.5 Å². The second-order valence-electron chi connectivity index (χ2n) is 7.65. The molecule has 0 aliphatic heterocycles. The van der Waals surface area contributed by atoms with Gasteiger partial charge in [0.1, 0.15) is 11.6 Å². The Balaban J connectivity index is 1.69. The van der Waals surface area contributed by atoms with Gasteiger partial charge in [-0.15, -0.1) is 6.58 Å². The lowest BCUT2D eigenvalue weighted by Gasteiger charge is -2.12. The molecule has 4 aromatic carbocycles. The molecule has 0 saturated heterocycles. The smallest absolute Gasteiger partial charge is 0.387 e. The number of allylic oxidation sites excluding steroid dienone is 1. The van der Waals surface area contributed by atoms with Gasteiger partial charge in [-0.3, -0.25) is 0 Å². The molecular weight excluding hydrogens is 454 g/mol. The summed E-state index contributed by atoms with van der Waals surface area (Å²) in [6.07, 6.45) is 3.39. The van der Waals surface area contributed by atoms with Crippen LogP contribution in [0.25, 0.3) is 33.0 Å². The van der Waals surface area contributed by atoms with Crippen molar-refractivity contribution in [1.29, 1.82) is 0 Å². The summed E-state index contributed by atoms with van der Waals surface area (Å²) in [7, 11) is 0. The molecule has 7 heteroatoms. The summed E-state index contributed by atoms with van der Waals surface area (Å²) in [6, 6.07) is 13.8. The number of hydrogen-bond donors (Lipinski definition) is 0. The number of aryl methyl sites for hydroxylation is 1. The summed E-state index contributed by atoms with van der Waals surface area (Å²) in [6.45, 7) is 0.277. The fraction of sp³-hybridized carbons (Fsp3) is 0.111. The van der Waals surface area contributed by atoms with Gasteiger partial charge in [-0.05, 0) is 53.1 Å². The van der Waals surface area contributed by atoms with Crippen molar-refractivity contribution in [2.75, 3.05) is 0 Å². The van der Waals surface area contributed by atoms with Crippen LogP contribution in [0.1, 0.15) is 12.0 Å². The van der Waals surface area contributed by atoms with Crippen LogP contribution in [0.5, 0.6) is 5.75 Å². The topological polar surface area (TPSA) is 9.23 Å². The second kappa shape index (κ2) is 9.63. The van der Waals surface area contributed by atoms with E-state index in [1.165, 1.54) is 12.1 Å². The van der Waals surface area contributed by atoms with Crippen molar-refractivity contribution < 1.29 is 31.1 Å². The van der Waals surface area contributed by atoms with E-state index in [2.05, 4.69) is 11.3 Å². The van der Waals surface area contributed by atoms with Gasteiger partial charge in [0.05, 0.1) is 0 Å². The van der Waals surface area contributed by atoms with E-state index >= 15 is 4.39 Å². The molecular formula is C27H18F6O. The molecule has 0 aromatic heterocycles. The van der Waals surface area contributed by atoms with Crippen LogP contribution < -0.4 is 4.74 Å². The van der Waals surface area contributed by atoms with Gasteiger partial charge < -0.3 is 4.74 Å². The molecule has 0 spiro atoms. The first-order valence-electron chi connectivity index (χ1n) is 10.3. The summed E-state index contributed by atoms with van der Waals surface area (Å²) in [4.78, 5) is 0. The molecule has 0 radical (unpaired) electrons. The third-order valence-corrected chi connectivity index (χ3v) is 5.45. The molecule has 174 valence electrons. The van der Waals surface area contributed by atoms with Crippen molar-refractivity contribution in [2.24, 2.45) is 0 Å². The molecule has 0 aliphatic rings. The van der Waals surface area contributed by atoms with Gasteiger partial charge in [-0.2, -0.15) is 8.78 Å². The predicted octanol–water partition coefficient (Wildman–Crippen LogP) is 8.45. The maximum Gasteiger partial charge on any atom is 0.387 e. The quantitative estimate of drug-likeness (QED) is 0.194. The Bertz CT molecular complexity index is 1360. The molecule has 0 saturated carbocycles. The average Bonchev–Trinajstić information content (AvgIpc) is 2.80. The van der Waals surface area contributed by atoms with Crippen molar-refractivity contribution in [1.82, 2.24) is 0 Å². The van der Waals surface area contributed by atoms with E-state index in [-0.39, 0.29) is 22.3 Å². The highest BCUT2D eigenvalue weighted by molar-refractivity contribution is 5.89. The number of alkyl halides is 2. The molecule has 1 nitrogen and oxygen atoms in total. The monoisotopic (exact) mass is 472 g/mol. The Labute approximate surface area is 191 Å². The molecule has 0 N–H and O–H groups in total. The number of halogens is 6. The first-order valence-corrected chi connectivity index (χ1v) is 10.3. The molecule has 34 heavy (non-hydrogen) atoms. The highest BCUT2D eigenvalue weighted by Gasteiger charge is 2.19. The predicted molar refractivity (Wildman–Crippen MR) is 120 cm³/mol. The summed E-state index contributed by atoms with van der Waals surface area (Å²) >= 11 is 0. The van der Waals surface area contributed by atoms with Crippen LogP contribution in [-0.4, -0.2) is 6.61 Å². The van der Waals surface area contributed by atoms with Gasteiger partial charge in [0, 0.05) is 16.5 Å². The molecule has 0 atom stereocenters. The Hall–Kier alpha value is -3.74. The zero-order valence-electron chi connectivity index (χ0n) is 17.7. The Morgan fingerprint density at radius 2 is 1.44 bits per heavy atom. The third kappa shape index (κ3) is 4.64. The number of benzene rings is 4. The van der Waals surface area contributed by atoms with E-state index in [9.17, 15) is 22.0 Å². The van der Waals surface area contributed by atoms with Crippen LogP contribution in [0.4, 0.5) is 26.3 Å². The van der Waals surface area contributed by atoms with Crippen molar-refractivity contribution in [3.63, 3.8) is 0 Å². The number of hydrogen-bond acceptors (Lipinski definition) is 1. The lowest BCUT2D eigenvalue weighted by molar-refractivity contribution is -0.0546. The van der Waals surface area contributed by atoms with Gasteiger partial charge in [0.2, 0.25) is 0 Å². The number of ether oxygens (including phenoxy) is 1. The molecule has 4 aromatic rings. The fourth-order valence-corrected chi connectivity index (χ4v) is 3.82. The molecule has 4 rings (SSSR count). The SMILES string of the molecule is C=CCCc1ccc2c(F)c(-c3ccc(-c4cc(F)c(OC(F)F)c(F)c4)c(F)c3)ccc2c1. The lowest BCUT2D eigenvalue weighted by Crippen LogP contribution is -2.06. The Kier molecular flexibility index (Phi) is 6.63. The zero-order valence-corrected chi connectivity index (χ0v) is 17.7. The minimum Gasteiger partial charge on any atom is -0.429 e. The normalized spacial score (nSPS) is 11.3. The summed E-state index contributed by atoms with van der Waals surface area (Å²) in [5.74, 6) is -5.43. The minimum absolute atomic E-state index is 0.162. The minimum atomic E-state index is -3.42. The van der Waals surface area contributed by atoms with Crippen LogP contribution in [0.3, 0.4) is 0 Å². The van der Waals surface area contributed by atoms with Crippen molar-refractivity contribution in [3.8, 4) is 28.0 Å². The first-order chi connectivity index (χ1) is 16.3.